The standard InChI is InChI=1S/C21H18N2O4/c24-20-17-9-10-23(11-19(17)27-22-20)21(25)26-12-18-15-7-3-1-5-13(15)14-6-2-4-8-16(14)18/h1-8,18H,9-12H2,(H,22,24). The van der Waals surface area contributed by atoms with Crippen molar-refractivity contribution in [3.05, 3.63) is 81.3 Å². The Balaban J connectivity index is 1.33. The Morgan fingerprint density at radius 2 is 1.78 bits per heavy atom. The van der Waals surface area contributed by atoms with Gasteiger partial charge in [-0.25, -0.2) is 4.79 Å². The van der Waals surface area contributed by atoms with Gasteiger partial charge in [-0.3, -0.25) is 4.79 Å². The van der Waals surface area contributed by atoms with Crippen molar-refractivity contribution in [2.45, 2.75) is 18.9 Å². The summed E-state index contributed by atoms with van der Waals surface area (Å²) < 4.78 is 10.8. The minimum atomic E-state index is -0.383. The van der Waals surface area contributed by atoms with Gasteiger partial charge in [-0.1, -0.05) is 48.5 Å². The summed E-state index contributed by atoms with van der Waals surface area (Å²) in [7, 11) is 0. The minimum absolute atomic E-state index is 0.0342. The van der Waals surface area contributed by atoms with Crippen molar-refractivity contribution in [2.24, 2.45) is 0 Å². The molecule has 1 aliphatic heterocycles. The van der Waals surface area contributed by atoms with Crippen LogP contribution >= 0.6 is 0 Å². The molecule has 2 aromatic carbocycles. The van der Waals surface area contributed by atoms with Crippen molar-refractivity contribution >= 4 is 6.09 Å². The average molecular weight is 362 g/mol. The van der Waals surface area contributed by atoms with E-state index in [4.69, 9.17) is 9.26 Å². The summed E-state index contributed by atoms with van der Waals surface area (Å²) >= 11 is 0. The van der Waals surface area contributed by atoms with Gasteiger partial charge in [-0.05, 0) is 28.7 Å². The second-order valence-corrected chi connectivity index (χ2v) is 6.91. The number of H-pyrrole nitrogens is 1. The molecule has 1 aromatic heterocycles. The molecule has 0 saturated carbocycles. The van der Waals surface area contributed by atoms with Gasteiger partial charge in [0.2, 0.25) is 0 Å². The number of carbonyl (C=O) groups excluding carboxylic acids is 1. The van der Waals surface area contributed by atoms with E-state index in [1.807, 2.05) is 24.3 Å². The number of rotatable bonds is 2. The number of carbonyl (C=O) groups is 1. The van der Waals surface area contributed by atoms with Crippen molar-refractivity contribution < 1.29 is 14.1 Å². The lowest BCUT2D eigenvalue weighted by molar-refractivity contribution is 0.0912. The first-order valence-electron chi connectivity index (χ1n) is 9.01. The van der Waals surface area contributed by atoms with E-state index in [2.05, 4.69) is 29.4 Å². The molecule has 0 unspecified atom stereocenters. The fraction of sp³-hybridized carbons (Fsp3) is 0.238. The van der Waals surface area contributed by atoms with Gasteiger partial charge >= 0.3 is 6.09 Å². The maximum absolute atomic E-state index is 12.6. The van der Waals surface area contributed by atoms with Crippen molar-refractivity contribution in [3.63, 3.8) is 0 Å². The maximum Gasteiger partial charge on any atom is 0.410 e. The second kappa shape index (κ2) is 6.16. The molecular weight excluding hydrogens is 344 g/mol. The van der Waals surface area contributed by atoms with Crippen LogP contribution in [0.5, 0.6) is 0 Å². The van der Waals surface area contributed by atoms with Crippen LogP contribution in [0, 0.1) is 0 Å². The summed E-state index contributed by atoms with van der Waals surface area (Å²) in [6.07, 6.45) is 0.0945. The summed E-state index contributed by atoms with van der Waals surface area (Å²) in [5.41, 5.74) is 5.18. The van der Waals surface area contributed by atoms with Gasteiger partial charge in [0.15, 0.2) is 5.76 Å². The Morgan fingerprint density at radius 3 is 2.48 bits per heavy atom. The number of nitrogens with zero attached hydrogens (tertiary/aromatic N) is 1. The van der Waals surface area contributed by atoms with Crippen LogP contribution in [0.1, 0.15) is 28.4 Å². The van der Waals surface area contributed by atoms with Gasteiger partial charge in [-0.2, -0.15) is 5.16 Å². The summed E-state index contributed by atoms with van der Waals surface area (Å²) in [4.78, 5) is 25.7. The van der Waals surface area contributed by atoms with Crippen LogP contribution in [0.2, 0.25) is 0 Å². The van der Waals surface area contributed by atoms with Crippen molar-refractivity contribution in [1.29, 1.82) is 0 Å². The highest BCUT2D eigenvalue weighted by Crippen LogP contribution is 2.44. The van der Waals surface area contributed by atoms with Gasteiger partial charge in [-0.15, -0.1) is 0 Å². The predicted octanol–water partition coefficient (Wildman–Crippen LogP) is 3.28. The van der Waals surface area contributed by atoms with Gasteiger partial charge in [0.05, 0.1) is 12.1 Å². The number of benzene rings is 2. The Kier molecular flexibility index (Phi) is 3.63. The first kappa shape index (κ1) is 15.9. The Labute approximate surface area is 155 Å². The maximum atomic E-state index is 12.6. The molecule has 0 bridgehead atoms. The molecule has 0 saturated heterocycles. The number of aromatic nitrogens is 1. The number of hydrogen-bond acceptors (Lipinski definition) is 4. The largest absolute Gasteiger partial charge is 0.448 e. The van der Waals surface area contributed by atoms with Crippen LogP contribution in [0.15, 0.2) is 57.8 Å². The van der Waals surface area contributed by atoms with E-state index in [1.165, 1.54) is 22.3 Å². The molecule has 5 rings (SSSR count). The zero-order valence-electron chi connectivity index (χ0n) is 14.6. The normalized spacial score (nSPS) is 15.2. The Hall–Kier alpha value is -3.28. The van der Waals surface area contributed by atoms with Crippen molar-refractivity contribution in [3.8, 4) is 11.1 Å². The van der Waals surface area contributed by atoms with E-state index in [-0.39, 0.29) is 30.7 Å². The van der Waals surface area contributed by atoms with E-state index in [0.717, 1.165) is 0 Å². The number of fused-ring (bicyclic) bond motifs is 4. The SMILES string of the molecule is O=C(OCC1c2ccccc2-c2ccccc21)N1CCc2c(o[nH]c2=O)C1. The van der Waals surface area contributed by atoms with E-state index < -0.39 is 0 Å². The summed E-state index contributed by atoms with van der Waals surface area (Å²) in [5, 5.41) is 2.33. The Morgan fingerprint density at radius 1 is 1.11 bits per heavy atom. The molecule has 3 aromatic rings. The first-order chi connectivity index (χ1) is 13.2. The van der Waals surface area contributed by atoms with Gasteiger partial charge < -0.3 is 14.2 Å². The molecule has 1 N–H and O–H groups in total. The Bertz CT molecular complexity index is 1040. The molecule has 0 fully saturated rings. The van der Waals surface area contributed by atoms with E-state index in [1.54, 1.807) is 4.90 Å². The number of hydrogen-bond donors (Lipinski definition) is 1. The van der Waals surface area contributed by atoms with Crippen molar-refractivity contribution in [2.75, 3.05) is 13.2 Å². The zero-order valence-corrected chi connectivity index (χ0v) is 14.6. The van der Waals surface area contributed by atoms with Crippen LogP contribution < -0.4 is 5.56 Å². The molecule has 27 heavy (non-hydrogen) atoms. The predicted molar refractivity (Wildman–Crippen MR) is 98.5 cm³/mol. The number of amides is 1. The molecule has 136 valence electrons. The molecule has 0 spiro atoms. The summed E-state index contributed by atoms with van der Waals surface area (Å²) in [5.74, 6) is 0.548. The molecule has 6 nitrogen and oxygen atoms in total. The van der Waals surface area contributed by atoms with E-state index in [0.29, 0.717) is 24.3 Å². The average Bonchev–Trinajstić information content (AvgIpc) is 3.24. The summed E-state index contributed by atoms with van der Waals surface area (Å²) in [6, 6.07) is 16.5. The fourth-order valence-electron chi connectivity index (χ4n) is 4.08. The third kappa shape index (κ3) is 2.56. The molecule has 6 heteroatoms. The summed E-state index contributed by atoms with van der Waals surface area (Å²) in [6.45, 7) is 0.990. The highest BCUT2D eigenvalue weighted by Gasteiger charge is 2.31. The van der Waals surface area contributed by atoms with Gasteiger partial charge in [0, 0.05) is 12.5 Å². The molecule has 2 heterocycles. The van der Waals surface area contributed by atoms with Crippen molar-refractivity contribution in [1.82, 2.24) is 10.1 Å². The molecule has 0 radical (unpaired) electrons. The molecule has 1 aliphatic carbocycles. The smallest absolute Gasteiger partial charge is 0.410 e. The van der Waals surface area contributed by atoms with E-state index >= 15 is 0 Å². The van der Waals surface area contributed by atoms with Crippen LogP contribution in [0.4, 0.5) is 4.79 Å². The topological polar surface area (TPSA) is 75.5 Å². The van der Waals surface area contributed by atoms with Crippen LogP contribution in [0.25, 0.3) is 11.1 Å². The third-order valence-electron chi connectivity index (χ3n) is 5.44. The second-order valence-electron chi connectivity index (χ2n) is 6.91. The lowest BCUT2D eigenvalue weighted by Gasteiger charge is -2.25. The molecule has 0 atom stereocenters. The lowest BCUT2D eigenvalue weighted by atomic mass is 9.98. The molecule has 1 amide bonds. The van der Waals surface area contributed by atoms with Crippen LogP contribution in [-0.2, 0) is 17.7 Å². The van der Waals surface area contributed by atoms with Crippen LogP contribution in [0.3, 0.4) is 0 Å². The fourth-order valence-corrected chi connectivity index (χ4v) is 4.08. The number of aromatic amines is 1. The van der Waals surface area contributed by atoms with Crippen LogP contribution in [-0.4, -0.2) is 29.3 Å². The quantitative estimate of drug-likeness (QED) is 0.759. The zero-order chi connectivity index (χ0) is 18.4. The highest BCUT2D eigenvalue weighted by molar-refractivity contribution is 5.79. The van der Waals surface area contributed by atoms with E-state index in [9.17, 15) is 9.59 Å². The number of ether oxygens (including phenoxy) is 1. The lowest BCUT2D eigenvalue weighted by Crippen LogP contribution is -2.37. The molecular formula is C21H18N2O4. The molecule has 2 aliphatic rings. The third-order valence-corrected chi connectivity index (χ3v) is 5.44. The highest BCUT2D eigenvalue weighted by atomic mass is 16.6. The minimum Gasteiger partial charge on any atom is -0.448 e. The van der Waals surface area contributed by atoms with Gasteiger partial charge in [0.1, 0.15) is 6.61 Å². The van der Waals surface area contributed by atoms with Gasteiger partial charge in [0.25, 0.3) is 5.56 Å². The first-order valence-corrected chi connectivity index (χ1v) is 9.01. The number of nitrogens with one attached hydrogen (secondary N) is 1. The monoisotopic (exact) mass is 362 g/mol.